The Hall–Kier alpha value is -1.44. The Labute approximate surface area is 55.2 Å². The van der Waals surface area contributed by atoms with E-state index in [-0.39, 0.29) is 0 Å². The minimum absolute atomic E-state index is 1.41. The molecular formula is C2O7Si. The molecule has 1 aliphatic rings. The van der Waals surface area contributed by atoms with Gasteiger partial charge in [-0.05, 0) is 0 Å². The monoisotopic (exact) mass is 164 g/mol. The van der Waals surface area contributed by atoms with Crippen molar-refractivity contribution in [1.82, 2.24) is 0 Å². The second-order valence-corrected chi connectivity index (χ2v) is 1.99. The molecule has 1 rings (SSSR count). The lowest BCUT2D eigenvalue weighted by Crippen LogP contribution is -2.15. The molecule has 8 heteroatoms. The fourth-order valence-corrected chi connectivity index (χ4v) is 0.541. The molecule has 0 aliphatic carbocycles. The van der Waals surface area contributed by atoms with Gasteiger partial charge in [0.1, 0.15) is 0 Å². The minimum atomic E-state index is -3.03. The number of hydrogen-bond donors (Lipinski definition) is 0. The maximum absolute atomic E-state index is 10.2. The second kappa shape index (κ2) is 2.43. The van der Waals surface area contributed by atoms with Crippen molar-refractivity contribution in [3.05, 3.63) is 0 Å². The van der Waals surface area contributed by atoms with E-state index in [1.54, 1.807) is 0 Å². The summed E-state index contributed by atoms with van der Waals surface area (Å²) < 4.78 is 17.6. The Morgan fingerprint density at radius 3 is 1.80 bits per heavy atom. The van der Waals surface area contributed by atoms with Gasteiger partial charge in [0.25, 0.3) is 0 Å². The molecule has 0 saturated carbocycles. The van der Waals surface area contributed by atoms with Crippen LogP contribution < -0.4 is 0 Å². The van der Waals surface area contributed by atoms with E-state index in [4.69, 9.17) is 0 Å². The van der Waals surface area contributed by atoms with Crippen molar-refractivity contribution in [2.75, 3.05) is 0 Å². The molecule has 1 heterocycles. The summed E-state index contributed by atoms with van der Waals surface area (Å²) in [5.41, 5.74) is 0. The highest BCUT2D eigenvalue weighted by Gasteiger charge is 2.31. The van der Waals surface area contributed by atoms with Crippen molar-refractivity contribution in [2.24, 2.45) is 0 Å². The summed E-state index contributed by atoms with van der Waals surface area (Å²) in [5.74, 6) is -2.81. The van der Waals surface area contributed by atoms with E-state index in [1.807, 2.05) is 0 Å². The van der Waals surface area contributed by atoms with Crippen LogP contribution in [0.25, 0.3) is 0 Å². The predicted octanol–water partition coefficient (Wildman–Crippen LogP) is -1.64. The molecule has 10 heavy (non-hydrogen) atoms. The molecule has 0 aromatic carbocycles. The van der Waals surface area contributed by atoms with Crippen LogP contribution in [0.1, 0.15) is 0 Å². The molecule has 0 bridgehead atoms. The third-order valence-corrected chi connectivity index (χ3v) is 0.976. The largest absolute Gasteiger partial charge is 0.854 e. The van der Waals surface area contributed by atoms with Crippen LogP contribution in [0, 0.1) is 0 Å². The summed E-state index contributed by atoms with van der Waals surface area (Å²) in [6.45, 7) is 0. The van der Waals surface area contributed by atoms with Crippen LogP contribution >= 0.6 is 0 Å². The Morgan fingerprint density at radius 1 is 1.00 bits per heavy atom. The normalized spacial score (nSPS) is 17.8. The van der Waals surface area contributed by atoms with E-state index in [9.17, 15) is 14.1 Å². The first-order chi connectivity index (χ1) is 4.70. The molecule has 1 aliphatic heterocycles. The first-order valence-electron chi connectivity index (χ1n) is 2.01. The van der Waals surface area contributed by atoms with Crippen molar-refractivity contribution in [3.8, 4) is 0 Å². The smallest absolute Gasteiger partial charge is 0.284 e. The lowest BCUT2D eigenvalue weighted by molar-refractivity contribution is -0.225. The number of carbonyl (C=O) groups excluding carboxylic acids is 2. The first-order valence-corrected chi connectivity index (χ1v) is 3.24. The molecule has 0 aromatic heterocycles. The van der Waals surface area contributed by atoms with Crippen LogP contribution in [-0.2, 0) is 33.0 Å². The summed E-state index contributed by atoms with van der Waals surface area (Å²) >= 11 is 0. The molecular weight excluding hydrogens is 164 g/mol. The third-order valence-electron chi connectivity index (χ3n) is 0.537. The van der Waals surface area contributed by atoms with Gasteiger partial charge in [-0.25, -0.2) is 19.4 Å². The molecule has 0 radical (unpaired) electrons. The van der Waals surface area contributed by atoms with Crippen LogP contribution in [0.5, 0.6) is 0 Å². The summed E-state index contributed by atoms with van der Waals surface area (Å²) in [6, 6.07) is 0. The van der Waals surface area contributed by atoms with E-state index in [1.165, 1.54) is 0 Å². The fraction of sp³-hybridized carbons (Fsp3) is 0. The zero-order valence-corrected chi connectivity index (χ0v) is 5.36. The summed E-state index contributed by atoms with van der Waals surface area (Å²) in [7, 11) is -3.03. The number of rotatable bonds is 0. The van der Waals surface area contributed by atoms with E-state index in [0.29, 0.717) is 0 Å². The topological polar surface area (TPSA) is 88.1 Å². The molecule has 1 fully saturated rings. The Morgan fingerprint density at radius 2 is 1.40 bits per heavy atom. The SMILES string of the molecule is O=C1OO[Si](=O)OOC1=O. The molecule has 0 unspecified atom stereocenters. The highest BCUT2D eigenvalue weighted by atomic mass is 28.3. The van der Waals surface area contributed by atoms with Crippen molar-refractivity contribution in [2.45, 2.75) is 0 Å². The molecule has 0 atom stereocenters. The summed E-state index contributed by atoms with van der Waals surface area (Å²) in [6.07, 6.45) is 0. The van der Waals surface area contributed by atoms with Gasteiger partial charge in [-0.2, -0.15) is 0 Å². The summed E-state index contributed by atoms with van der Waals surface area (Å²) in [4.78, 5) is 27.5. The van der Waals surface area contributed by atoms with Gasteiger partial charge in [0, 0.05) is 0 Å². The van der Waals surface area contributed by atoms with Gasteiger partial charge in [0.05, 0.1) is 0 Å². The third kappa shape index (κ3) is 1.28. The summed E-state index contributed by atoms with van der Waals surface area (Å²) in [5, 5.41) is 0. The maximum Gasteiger partial charge on any atom is 0.854 e. The van der Waals surface area contributed by atoms with Crippen molar-refractivity contribution >= 4 is 21.1 Å². The van der Waals surface area contributed by atoms with Crippen LogP contribution in [0.3, 0.4) is 0 Å². The Balaban J connectivity index is 2.63. The zero-order chi connectivity index (χ0) is 7.56. The Bertz CT molecular complexity index is 176. The van der Waals surface area contributed by atoms with Crippen LogP contribution in [-0.4, -0.2) is 21.1 Å². The standard InChI is InChI=1S/C2O7Si/c3-1-2(4)7-9-10(5)8-6-1. The number of carbonyl (C=O) groups is 2. The average molecular weight is 164 g/mol. The van der Waals surface area contributed by atoms with Gasteiger partial charge in [-0.3, -0.25) is 13.6 Å². The van der Waals surface area contributed by atoms with E-state index >= 15 is 0 Å². The van der Waals surface area contributed by atoms with Gasteiger partial charge < -0.3 is 0 Å². The lowest BCUT2D eigenvalue weighted by Gasteiger charge is -1.87. The average Bonchev–Trinajstić information content (AvgIpc) is 2.04. The quantitative estimate of drug-likeness (QED) is 0.241. The first kappa shape index (κ1) is 6.67. The molecule has 0 N–H and O–H groups in total. The van der Waals surface area contributed by atoms with E-state index < -0.39 is 21.1 Å². The van der Waals surface area contributed by atoms with E-state index in [0.717, 1.165) is 0 Å². The van der Waals surface area contributed by atoms with Crippen molar-refractivity contribution in [3.63, 3.8) is 0 Å². The van der Waals surface area contributed by atoms with Crippen LogP contribution in [0.15, 0.2) is 0 Å². The van der Waals surface area contributed by atoms with Gasteiger partial charge in [-0.15, -0.1) is 0 Å². The zero-order valence-electron chi connectivity index (χ0n) is 4.36. The highest BCUT2D eigenvalue weighted by Crippen LogP contribution is 1.94. The van der Waals surface area contributed by atoms with Crippen LogP contribution in [0.4, 0.5) is 0 Å². The maximum atomic E-state index is 10.2. The minimum Gasteiger partial charge on any atom is -0.284 e. The van der Waals surface area contributed by atoms with Gasteiger partial charge in [0.15, 0.2) is 0 Å². The second-order valence-electron chi connectivity index (χ2n) is 1.16. The van der Waals surface area contributed by atoms with Crippen LogP contribution in [0.2, 0.25) is 0 Å². The number of hydrogen-bond acceptors (Lipinski definition) is 7. The lowest BCUT2D eigenvalue weighted by atomic mass is 10.7. The molecule has 0 amide bonds. The fourth-order valence-electron chi connectivity index (χ4n) is 0.226. The Kier molecular flexibility index (Phi) is 1.62. The predicted molar refractivity (Wildman–Crippen MR) is 20.8 cm³/mol. The van der Waals surface area contributed by atoms with Crippen molar-refractivity contribution in [1.29, 1.82) is 0 Å². The van der Waals surface area contributed by atoms with Gasteiger partial charge in [0.2, 0.25) is 0 Å². The molecule has 1 saturated heterocycles. The molecule has 7 nitrogen and oxygen atoms in total. The highest BCUT2D eigenvalue weighted by molar-refractivity contribution is 6.32. The van der Waals surface area contributed by atoms with Gasteiger partial charge in [-0.1, -0.05) is 0 Å². The molecule has 54 valence electrons. The molecule has 0 aromatic rings. The van der Waals surface area contributed by atoms with Gasteiger partial charge >= 0.3 is 21.1 Å². The van der Waals surface area contributed by atoms with Crippen molar-refractivity contribution < 1.29 is 33.0 Å². The molecule has 0 spiro atoms. The van der Waals surface area contributed by atoms with E-state index in [2.05, 4.69) is 18.9 Å².